The Bertz CT molecular complexity index is 505. The van der Waals surface area contributed by atoms with Gasteiger partial charge in [0.1, 0.15) is 6.10 Å². The van der Waals surface area contributed by atoms with Crippen LogP contribution in [0.3, 0.4) is 0 Å². The number of ether oxygens (including phenoxy) is 1. The summed E-state index contributed by atoms with van der Waals surface area (Å²) < 4.78 is 5.59. The molecule has 4 heteroatoms. The number of anilines is 1. The summed E-state index contributed by atoms with van der Waals surface area (Å²) in [7, 11) is 0. The summed E-state index contributed by atoms with van der Waals surface area (Å²) in [4.78, 5) is 12.0. The van der Waals surface area contributed by atoms with Gasteiger partial charge in [-0.15, -0.1) is 0 Å². The van der Waals surface area contributed by atoms with Gasteiger partial charge in [-0.05, 0) is 49.3 Å². The second kappa shape index (κ2) is 6.69. The summed E-state index contributed by atoms with van der Waals surface area (Å²) in [5, 5.41) is 3.36. The fraction of sp³-hybridized carbons (Fsp3) is 0.588. The molecule has 0 radical (unpaired) electrons. The van der Waals surface area contributed by atoms with Crippen molar-refractivity contribution >= 4 is 23.4 Å². The van der Waals surface area contributed by atoms with Crippen molar-refractivity contribution in [1.82, 2.24) is 0 Å². The third-order valence-corrected chi connectivity index (χ3v) is 5.07. The Morgan fingerprint density at radius 2 is 1.95 bits per heavy atom. The predicted octanol–water partition coefficient (Wildman–Crippen LogP) is 5.25. The minimum Gasteiger partial charge on any atom is -0.446 e. The van der Waals surface area contributed by atoms with Gasteiger partial charge >= 0.3 is 6.09 Å². The zero-order valence-corrected chi connectivity index (χ0v) is 12.9. The molecule has 1 aromatic rings. The molecule has 0 saturated heterocycles. The van der Waals surface area contributed by atoms with Crippen molar-refractivity contribution < 1.29 is 9.53 Å². The van der Waals surface area contributed by atoms with Gasteiger partial charge in [-0.25, -0.2) is 4.79 Å². The third kappa shape index (κ3) is 3.91. The topological polar surface area (TPSA) is 38.3 Å². The number of carbonyl (C=O) groups excluding carboxylic acids is 1. The van der Waals surface area contributed by atoms with Gasteiger partial charge in [-0.3, -0.25) is 5.32 Å². The highest BCUT2D eigenvalue weighted by atomic mass is 35.5. The number of benzene rings is 1. The molecule has 2 aliphatic rings. The molecule has 1 N–H and O–H groups in total. The SMILES string of the molecule is O=C(Nc1cccc(Cl)c1)O[C@@H]1CC[C@@H]2CCCC[C@H]2C1. The smallest absolute Gasteiger partial charge is 0.411 e. The van der Waals surface area contributed by atoms with E-state index in [1.807, 2.05) is 12.1 Å². The minimum atomic E-state index is -0.364. The molecule has 2 saturated carbocycles. The monoisotopic (exact) mass is 307 g/mol. The lowest BCUT2D eigenvalue weighted by Gasteiger charge is -2.38. The van der Waals surface area contributed by atoms with Gasteiger partial charge in [-0.1, -0.05) is 43.4 Å². The van der Waals surface area contributed by atoms with Crippen LogP contribution in [0.25, 0.3) is 0 Å². The van der Waals surface area contributed by atoms with Gasteiger partial charge in [0.25, 0.3) is 0 Å². The maximum atomic E-state index is 12.0. The highest BCUT2D eigenvalue weighted by Crippen LogP contribution is 2.41. The van der Waals surface area contributed by atoms with Crippen LogP contribution in [0.1, 0.15) is 44.9 Å². The molecule has 2 aliphatic carbocycles. The van der Waals surface area contributed by atoms with E-state index in [0.29, 0.717) is 10.7 Å². The largest absolute Gasteiger partial charge is 0.446 e. The van der Waals surface area contributed by atoms with Crippen LogP contribution in [0.5, 0.6) is 0 Å². The fourth-order valence-electron chi connectivity index (χ4n) is 3.80. The van der Waals surface area contributed by atoms with Gasteiger partial charge in [-0.2, -0.15) is 0 Å². The Balaban J connectivity index is 1.51. The molecule has 2 fully saturated rings. The van der Waals surface area contributed by atoms with Crippen LogP contribution in [0, 0.1) is 11.8 Å². The summed E-state index contributed by atoms with van der Waals surface area (Å²) in [5.74, 6) is 1.63. The van der Waals surface area contributed by atoms with Gasteiger partial charge in [0, 0.05) is 10.7 Å². The number of amides is 1. The van der Waals surface area contributed by atoms with E-state index in [-0.39, 0.29) is 12.2 Å². The Morgan fingerprint density at radius 1 is 1.14 bits per heavy atom. The Kier molecular flexibility index (Phi) is 4.69. The number of fused-ring (bicyclic) bond motifs is 1. The summed E-state index contributed by atoms with van der Waals surface area (Å²) in [6.07, 6.45) is 8.34. The summed E-state index contributed by atoms with van der Waals surface area (Å²) >= 11 is 5.90. The number of carbonyl (C=O) groups is 1. The lowest BCUT2D eigenvalue weighted by atomic mass is 9.70. The molecule has 0 unspecified atom stereocenters. The average molecular weight is 308 g/mol. The van der Waals surface area contributed by atoms with Crippen molar-refractivity contribution in [3.8, 4) is 0 Å². The van der Waals surface area contributed by atoms with Crippen molar-refractivity contribution in [2.24, 2.45) is 11.8 Å². The lowest BCUT2D eigenvalue weighted by Crippen LogP contribution is -2.33. The molecule has 1 aromatic carbocycles. The highest BCUT2D eigenvalue weighted by molar-refractivity contribution is 6.30. The highest BCUT2D eigenvalue weighted by Gasteiger charge is 2.33. The zero-order valence-electron chi connectivity index (χ0n) is 12.2. The maximum Gasteiger partial charge on any atom is 0.411 e. The molecule has 1 amide bonds. The molecule has 0 aromatic heterocycles. The second-order valence-corrected chi connectivity index (χ2v) is 6.72. The van der Waals surface area contributed by atoms with Crippen molar-refractivity contribution in [3.05, 3.63) is 29.3 Å². The van der Waals surface area contributed by atoms with E-state index >= 15 is 0 Å². The van der Waals surface area contributed by atoms with E-state index < -0.39 is 0 Å². The van der Waals surface area contributed by atoms with Crippen LogP contribution in [0.2, 0.25) is 5.02 Å². The number of halogens is 1. The van der Waals surface area contributed by atoms with Crippen LogP contribution in [0.4, 0.5) is 10.5 Å². The first-order valence-electron chi connectivity index (χ1n) is 7.94. The molecule has 3 nitrogen and oxygen atoms in total. The van der Waals surface area contributed by atoms with Crippen LogP contribution in [-0.4, -0.2) is 12.2 Å². The molecule has 3 rings (SSSR count). The predicted molar refractivity (Wildman–Crippen MR) is 84.6 cm³/mol. The molecule has 0 bridgehead atoms. The van der Waals surface area contributed by atoms with E-state index in [9.17, 15) is 4.79 Å². The molecular weight excluding hydrogens is 286 g/mol. The van der Waals surface area contributed by atoms with Gasteiger partial charge < -0.3 is 4.74 Å². The van der Waals surface area contributed by atoms with E-state index in [0.717, 1.165) is 24.7 Å². The molecule has 114 valence electrons. The summed E-state index contributed by atoms with van der Waals surface area (Å²) in [5.41, 5.74) is 0.679. The molecule has 3 atom stereocenters. The summed E-state index contributed by atoms with van der Waals surface area (Å²) in [6.45, 7) is 0. The normalized spacial score (nSPS) is 28.5. The number of nitrogens with one attached hydrogen (secondary N) is 1. The van der Waals surface area contributed by atoms with Crippen LogP contribution in [-0.2, 0) is 4.74 Å². The van der Waals surface area contributed by atoms with E-state index in [1.54, 1.807) is 12.1 Å². The number of hydrogen-bond donors (Lipinski definition) is 1. The van der Waals surface area contributed by atoms with Crippen LogP contribution >= 0.6 is 11.6 Å². The Morgan fingerprint density at radius 3 is 2.76 bits per heavy atom. The van der Waals surface area contributed by atoms with E-state index in [4.69, 9.17) is 16.3 Å². The number of hydrogen-bond acceptors (Lipinski definition) is 2. The van der Waals surface area contributed by atoms with Crippen molar-refractivity contribution in [3.63, 3.8) is 0 Å². The standard InChI is InChI=1S/C17H22ClNO2/c18-14-6-3-7-15(11-14)19-17(20)21-16-9-8-12-4-1-2-5-13(12)10-16/h3,6-7,11-13,16H,1-2,4-5,8-10H2,(H,19,20)/t12-,13-,16+/m0/s1. The molecule has 0 aliphatic heterocycles. The fourth-order valence-corrected chi connectivity index (χ4v) is 3.99. The summed E-state index contributed by atoms with van der Waals surface area (Å²) in [6, 6.07) is 7.12. The minimum absolute atomic E-state index is 0.0727. The van der Waals surface area contributed by atoms with E-state index in [1.165, 1.54) is 32.1 Å². The third-order valence-electron chi connectivity index (χ3n) is 4.84. The first-order chi connectivity index (χ1) is 10.2. The average Bonchev–Trinajstić information content (AvgIpc) is 2.47. The Labute approximate surface area is 131 Å². The van der Waals surface area contributed by atoms with Crippen molar-refractivity contribution in [2.75, 3.05) is 5.32 Å². The zero-order chi connectivity index (χ0) is 14.7. The van der Waals surface area contributed by atoms with Crippen molar-refractivity contribution in [2.45, 2.75) is 51.0 Å². The number of rotatable bonds is 2. The molecule has 0 spiro atoms. The second-order valence-electron chi connectivity index (χ2n) is 6.28. The Hall–Kier alpha value is -1.22. The van der Waals surface area contributed by atoms with Crippen LogP contribution in [0.15, 0.2) is 24.3 Å². The molecule has 21 heavy (non-hydrogen) atoms. The van der Waals surface area contributed by atoms with Crippen LogP contribution < -0.4 is 5.32 Å². The first kappa shape index (κ1) is 14.7. The quantitative estimate of drug-likeness (QED) is 0.810. The van der Waals surface area contributed by atoms with Gasteiger partial charge in [0.15, 0.2) is 0 Å². The first-order valence-corrected chi connectivity index (χ1v) is 8.32. The van der Waals surface area contributed by atoms with Gasteiger partial charge in [0.05, 0.1) is 0 Å². The maximum absolute atomic E-state index is 12.0. The van der Waals surface area contributed by atoms with Crippen molar-refractivity contribution in [1.29, 1.82) is 0 Å². The van der Waals surface area contributed by atoms with E-state index in [2.05, 4.69) is 5.32 Å². The lowest BCUT2D eigenvalue weighted by molar-refractivity contribution is 0.0339. The van der Waals surface area contributed by atoms with Gasteiger partial charge in [0.2, 0.25) is 0 Å². The molecular formula is C17H22ClNO2. The molecule has 0 heterocycles.